The highest BCUT2D eigenvalue weighted by Crippen LogP contribution is 2.34. The number of rotatable bonds is 4. The van der Waals surface area contributed by atoms with Crippen LogP contribution in [0.5, 0.6) is 0 Å². The lowest BCUT2D eigenvalue weighted by Crippen LogP contribution is -2.36. The van der Waals surface area contributed by atoms with Gasteiger partial charge in [0.2, 0.25) is 0 Å². The van der Waals surface area contributed by atoms with Gasteiger partial charge in [0.1, 0.15) is 5.82 Å². The van der Waals surface area contributed by atoms with Crippen molar-refractivity contribution in [1.29, 1.82) is 0 Å². The number of amides is 1. The summed E-state index contributed by atoms with van der Waals surface area (Å²) in [6.45, 7) is 6.88. The molecule has 0 bridgehead atoms. The quantitative estimate of drug-likeness (QED) is 0.453. The molecule has 36 heavy (non-hydrogen) atoms. The van der Waals surface area contributed by atoms with Crippen molar-refractivity contribution in [3.8, 4) is 11.1 Å². The average molecular weight is 489 g/mol. The Labute approximate surface area is 208 Å². The van der Waals surface area contributed by atoms with E-state index in [1.807, 2.05) is 28.4 Å². The number of ether oxygens (including phenoxy) is 1. The number of carbonyl (C=O) groups excluding carboxylic acids is 1. The molecule has 0 aliphatic carbocycles. The molecule has 1 N–H and O–H groups in total. The van der Waals surface area contributed by atoms with Crippen molar-refractivity contribution < 1.29 is 13.9 Å². The van der Waals surface area contributed by atoms with Gasteiger partial charge in [0.25, 0.3) is 5.91 Å². The summed E-state index contributed by atoms with van der Waals surface area (Å²) in [5, 5.41) is 7.23. The maximum atomic E-state index is 15.0. The molecule has 1 saturated heterocycles. The van der Waals surface area contributed by atoms with Gasteiger partial charge in [0.15, 0.2) is 5.65 Å². The summed E-state index contributed by atoms with van der Waals surface area (Å²) in [4.78, 5) is 20.0. The van der Waals surface area contributed by atoms with Crippen molar-refractivity contribution >= 4 is 22.9 Å². The number of pyridine rings is 1. The third kappa shape index (κ3) is 3.93. The van der Waals surface area contributed by atoms with Crippen LogP contribution in [-0.4, -0.2) is 51.4 Å². The van der Waals surface area contributed by atoms with Crippen LogP contribution < -0.4 is 10.2 Å². The first-order chi connectivity index (χ1) is 17.5. The smallest absolute Gasteiger partial charge is 0.259 e. The van der Waals surface area contributed by atoms with E-state index in [-0.39, 0.29) is 17.6 Å². The molecule has 1 atom stereocenters. The summed E-state index contributed by atoms with van der Waals surface area (Å²) in [6, 6.07) is 5.56. The molecule has 3 aromatic heterocycles. The Balaban J connectivity index is 1.37. The highest BCUT2D eigenvalue weighted by Gasteiger charge is 2.25. The molecule has 9 heteroatoms. The van der Waals surface area contributed by atoms with Gasteiger partial charge in [0.05, 0.1) is 42.0 Å². The van der Waals surface area contributed by atoms with Crippen LogP contribution in [0, 0.1) is 12.7 Å². The fraction of sp³-hybridized carbons (Fsp3) is 0.370. The monoisotopic (exact) mass is 488 g/mol. The number of nitrogens with zero attached hydrogens (tertiary/aromatic N) is 5. The van der Waals surface area contributed by atoms with Crippen molar-refractivity contribution in [2.24, 2.45) is 0 Å². The molecular formula is C27H29FN6O2. The number of benzene rings is 1. The molecule has 0 radical (unpaired) electrons. The van der Waals surface area contributed by atoms with Crippen LogP contribution in [0.4, 0.5) is 15.8 Å². The van der Waals surface area contributed by atoms with Gasteiger partial charge in [-0.1, -0.05) is 0 Å². The molecular weight excluding hydrogens is 459 g/mol. The van der Waals surface area contributed by atoms with Crippen LogP contribution in [-0.2, 0) is 11.2 Å². The molecule has 0 saturated carbocycles. The van der Waals surface area contributed by atoms with Gasteiger partial charge in [-0.15, -0.1) is 0 Å². The summed E-state index contributed by atoms with van der Waals surface area (Å²) >= 11 is 0. The van der Waals surface area contributed by atoms with Crippen molar-refractivity contribution in [3.05, 3.63) is 65.6 Å². The number of halogens is 1. The summed E-state index contributed by atoms with van der Waals surface area (Å²) < 4.78 is 24.5. The van der Waals surface area contributed by atoms with Crippen LogP contribution in [0.1, 0.15) is 47.4 Å². The maximum Gasteiger partial charge on any atom is 0.259 e. The van der Waals surface area contributed by atoms with E-state index in [4.69, 9.17) is 4.74 Å². The number of anilines is 2. The van der Waals surface area contributed by atoms with Crippen molar-refractivity contribution in [1.82, 2.24) is 19.2 Å². The van der Waals surface area contributed by atoms with E-state index in [9.17, 15) is 4.79 Å². The molecule has 4 aromatic rings. The number of aryl methyl sites for hydroxylation is 1. The van der Waals surface area contributed by atoms with Crippen molar-refractivity contribution in [2.75, 3.05) is 36.5 Å². The van der Waals surface area contributed by atoms with Crippen LogP contribution in [0.3, 0.4) is 0 Å². The number of hydrogen-bond donors (Lipinski definition) is 1. The Hall–Kier alpha value is -3.72. The number of aromatic nitrogens is 4. The maximum absolute atomic E-state index is 15.0. The lowest BCUT2D eigenvalue weighted by molar-refractivity contribution is 0.102. The summed E-state index contributed by atoms with van der Waals surface area (Å²) in [5.74, 6) is -0.797. The summed E-state index contributed by atoms with van der Waals surface area (Å²) in [7, 11) is 0. The minimum atomic E-state index is -0.462. The second-order valence-corrected chi connectivity index (χ2v) is 9.66. The van der Waals surface area contributed by atoms with Gasteiger partial charge in [-0.2, -0.15) is 5.10 Å². The van der Waals surface area contributed by atoms with Crippen molar-refractivity contribution in [2.45, 2.75) is 39.2 Å². The van der Waals surface area contributed by atoms with E-state index >= 15 is 4.39 Å². The number of morpholine rings is 1. The largest absolute Gasteiger partial charge is 0.378 e. The van der Waals surface area contributed by atoms with Crippen LogP contribution in [0.15, 0.2) is 43.0 Å². The minimum absolute atomic E-state index is 0.156. The van der Waals surface area contributed by atoms with Gasteiger partial charge in [-0.3, -0.25) is 9.48 Å². The fourth-order valence-electron chi connectivity index (χ4n) is 5.36. The highest BCUT2D eigenvalue weighted by molar-refractivity contribution is 6.05. The zero-order valence-corrected chi connectivity index (χ0v) is 20.5. The highest BCUT2D eigenvalue weighted by atomic mass is 19.1. The minimum Gasteiger partial charge on any atom is -0.378 e. The standard InChI is InChI=1S/C27H29FN6O2/c1-17-12-22(28)23(31-27(35)21-15-30-34-18(2)4-3-5-24(21)34)14-20(17)19-13-25(32-8-10-36-11-9-32)26-29-6-7-33(26)16-19/h6-7,12-16,18H,3-5,8-11H2,1-2H3,(H,31,35). The molecule has 1 amide bonds. The number of nitrogens with one attached hydrogen (secondary N) is 1. The van der Waals surface area contributed by atoms with Gasteiger partial charge >= 0.3 is 0 Å². The Morgan fingerprint density at radius 1 is 1.22 bits per heavy atom. The van der Waals surface area contributed by atoms with Gasteiger partial charge < -0.3 is 19.4 Å². The van der Waals surface area contributed by atoms with E-state index in [1.54, 1.807) is 18.5 Å². The van der Waals surface area contributed by atoms with Gasteiger partial charge in [0, 0.05) is 43.3 Å². The number of fused-ring (bicyclic) bond motifs is 2. The molecule has 6 rings (SSSR count). The Morgan fingerprint density at radius 2 is 2.06 bits per heavy atom. The topological polar surface area (TPSA) is 76.7 Å². The Bertz CT molecular complexity index is 1450. The SMILES string of the molecule is Cc1cc(F)c(NC(=O)c2cnn3c2CCCC3C)cc1-c1cc(N2CCOCC2)c2nccn2c1. The number of hydrogen-bond acceptors (Lipinski definition) is 5. The number of carbonyl (C=O) groups is 1. The van der Waals surface area contributed by atoms with E-state index < -0.39 is 5.82 Å². The predicted octanol–water partition coefficient (Wildman–Crippen LogP) is 4.63. The molecule has 1 aromatic carbocycles. The van der Waals surface area contributed by atoms with E-state index in [0.717, 1.165) is 66.1 Å². The second kappa shape index (κ2) is 9.05. The van der Waals surface area contributed by atoms with E-state index in [1.165, 1.54) is 6.07 Å². The third-order valence-electron chi connectivity index (χ3n) is 7.29. The Kier molecular flexibility index (Phi) is 5.72. The number of imidazole rings is 1. The van der Waals surface area contributed by atoms with Crippen LogP contribution in [0.25, 0.3) is 16.8 Å². The van der Waals surface area contributed by atoms with E-state index in [2.05, 4.69) is 33.3 Å². The zero-order valence-electron chi connectivity index (χ0n) is 20.5. The molecule has 1 unspecified atom stereocenters. The van der Waals surface area contributed by atoms with E-state index in [0.29, 0.717) is 18.8 Å². The van der Waals surface area contributed by atoms with Crippen molar-refractivity contribution in [3.63, 3.8) is 0 Å². The lowest BCUT2D eigenvalue weighted by Gasteiger charge is -2.29. The molecule has 186 valence electrons. The lowest BCUT2D eigenvalue weighted by atomic mass is 9.99. The predicted molar refractivity (Wildman–Crippen MR) is 136 cm³/mol. The van der Waals surface area contributed by atoms with Crippen LogP contribution in [0.2, 0.25) is 0 Å². The average Bonchev–Trinajstić information content (AvgIpc) is 3.53. The first-order valence-electron chi connectivity index (χ1n) is 12.5. The first kappa shape index (κ1) is 22.7. The summed E-state index contributed by atoms with van der Waals surface area (Å²) in [6.07, 6.45) is 10.1. The zero-order chi connectivity index (χ0) is 24.8. The van der Waals surface area contributed by atoms with Gasteiger partial charge in [-0.25, -0.2) is 9.37 Å². The van der Waals surface area contributed by atoms with Gasteiger partial charge in [-0.05, 0) is 62.4 Å². The molecule has 1 fully saturated rings. The fourth-order valence-corrected chi connectivity index (χ4v) is 5.36. The molecule has 8 nitrogen and oxygen atoms in total. The normalized spacial score (nSPS) is 17.9. The molecule has 5 heterocycles. The third-order valence-corrected chi connectivity index (χ3v) is 7.29. The second-order valence-electron chi connectivity index (χ2n) is 9.66. The summed E-state index contributed by atoms with van der Waals surface area (Å²) in [5.41, 5.74) is 6.02. The molecule has 0 spiro atoms. The first-order valence-corrected chi connectivity index (χ1v) is 12.5. The Morgan fingerprint density at radius 3 is 2.89 bits per heavy atom. The van der Waals surface area contributed by atoms with Crippen LogP contribution >= 0.6 is 0 Å². The molecule has 2 aliphatic rings. The molecule has 2 aliphatic heterocycles.